The molecule has 0 bridgehead atoms. The van der Waals surface area contributed by atoms with E-state index in [1.807, 2.05) is 0 Å². The van der Waals surface area contributed by atoms with Gasteiger partial charge in [-0.2, -0.15) is 18.3 Å². The van der Waals surface area contributed by atoms with E-state index in [0.717, 1.165) is 18.9 Å². The first-order chi connectivity index (χ1) is 16.8. The summed E-state index contributed by atoms with van der Waals surface area (Å²) in [4.78, 5) is 12.7. The average Bonchev–Trinajstić information content (AvgIpc) is 3.25. The molecule has 1 aromatic heterocycles. The predicted octanol–water partition coefficient (Wildman–Crippen LogP) is 6.59. The second-order valence-electron chi connectivity index (χ2n) is 7.90. The maximum atomic E-state index is 13.2. The molecule has 0 saturated heterocycles. The molecule has 1 heterocycles. The van der Waals surface area contributed by atoms with Crippen LogP contribution in [0.3, 0.4) is 0 Å². The third-order valence-electron chi connectivity index (χ3n) is 5.37. The third kappa shape index (κ3) is 5.92. The molecule has 3 aromatic carbocycles. The van der Waals surface area contributed by atoms with Gasteiger partial charge in [0.2, 0.25) is 0 Å². The van der Waals surface area contributed by atoms with E-state index in [1.165, 1.54) is 18.2 Å². The lowest BCUT2D eigenvalue weighted by molar-refractivity contribution is -0.138. The van der Waals surface area contributed by atoms with Crippen LogP contribution < -0.4 is 14.8 Å². The Hall–Kier alpha value is -4.01. The highest BCUT2D eigenvalue weighted by molar-refractivity contribution is 6.08. The summed E-state index contributed by atoms with van der Waals surface area (Å²) in [6.07, 6.45) is -2.48. The van der Waals surface area contributed by atoms with E-state index in [9.17, 15) is 18.0 Å². The molecule has 0 atom stereocenters. The predicted molar refractivity (Wildman–Crippen MR) is 127 cm³/mol. The Morgan fingerprint density at radius 3 is 2.49 bits per heavy atom. The van der Waals surface area contributed by atoms with Crippen molar-refractivity contribution >= 4 is 22.6 Å². The normalized spacial score (nSPS) is 11.4. The van der Waals surface area contributed by atoms with E-state index in [4.69, 9.17) is 9.47 Å². The summed E-state index contributed by atoms with van der Waals surface area (Å²) in [5.74, 6) is 0.965. The Labute approximate surface area is 200 Å². The van der Waals surface area contributed by atoms with Crippen molar-refractivity contribution in [2.45, 2.75) is 32.5 Å². The van der Waals surface area contributed by atoms with E-state index < -0.39 is 11.7 Å². The zero-order valence-corrected chi connectivity index (χ0v) is 19.0. The van der Waals surface area contributed by atoms with Gasteiger partial charge >= 0.3 is 6.18 Å². The number of alkyl halides is 3. The van der Waals surface area contributed by atoms with Crippen LogP contribution >= 0.6 is 0 Å². The minimum Gasteiger partial charge on any atom is -0.494 e. The van der Waals surface area contributed by atoms with Crippen LogP contribution in [-0.2, 0) is 12.8 Å². The summed E-state index contributed by atoms with van der Waals surface area (Å²) in [6, 6.07) is 17.0. The van der Waals surface area contributed by atoms with E-state index in [1.54, 1.807) is 42.5 Å². The number of hydrogen-bond donors (Lipinski definition) is 2. The molecule has 35 heavy (non-hydrogen) atoms. The Balaban J connectivity index is 1.46. The number of nitrogens with zero attached hydrogens (tertiary/aromatic N) is 1. The van der Waals surface area contributed by atoms with Gasteiger partial charge in [0.05, 0.1) is 17.7 Å². The molecule has 1 amide bonds. The van der Waals surface area contributed by atoms with E-state index in [0.29, 0.717) is 34.6 Å². The van der Waals surface area contributed by atoms with Gasteiger partial charge in [-0.3, -0.25) is 9.89 Å². The molecule has 0 aliphatic rings. The van der Waals surface area contributed by atoms with Gasteiger partial charge in [0.1, 0.15) is 18.1 Å². The maximum absolute atomic E-state index is 13.2. The Morgan fingerprint density at radius 1 is 1.00 bits per heavy atom. The number of H-pyrrole nitrogens is 1. The summed E-state index contributed by atoms with van der Waals surface area (Å²) >= 11 is 0. The molecule has 4 rings (SSSR count). The fraction of sp³-hybridized carbons (Fsp3) is 0.231. The topological polar surface area (TPSA) is 76.2 Å². The van der Waals surface area contributed by atoms with Gasteiger partial charge in [0, 0.05) is 16.5 Å². The first-order valence-electron chi connectivity index (χ1n) is 11.2. The Bertz CT molecular complexity index is 1300. The van der Waals surface area contributed by atoms with E-state index >= 15 is 0 Å². The first-order valence-corrected chi connectivity index (χ1v) is 11.2. The summed E-state index contributed by atoms with van der Waals surface area (Å²) in [5.41, 5.74) is 0.366. The average molecular weight is 483 g/mol. The van der Waals surface area contributed by atoms with Crippen LogP contribution in [0.1, 0.15) is 41.3 Å². The summed E-state index contributed by atoms with van der Waals surface area (Å²) in [5, 5.41) is 10.3. The minimum atomic E-state index is -4.47. The number of nitrogens with one attached hydrogen (secondary N) is 2. The number of halogens is 3. The maximum Gasteiger partial charge on any atom is 0.416 e. The molecule has 0 unspecified atom stereocenters. The number of rotatable bonds is 9. The van der Waals surface area contributed by atoms with Gasteiger partial charge in [-0.05, 0) is 55.0 Å². The zero-order valence-electron chi connectivity index (χ0n) is 19.0. The molecule has 0 fully saturated rings. The quantitative estimate of drug-likeness (QED) is 0.263. The number of aromatic nitrogens is 2. The molecule has 0 aliphatic heterocycles. The Morgan fingerprint density at radius 2 is 1.74 bits per heavy atom. The number of benzene rings is 3. The van der Waals surface area contributed by atoms with Crippen molar-refractivity contribution < 1.29 is 27.4 Å². The second-order valence-corrected chi connectivity index (χ2v) is 7.90. The number of fused-ring (bicyclic) bond motifs is 1. The van der Waals surface area contributed by atoms with Crippen molar-refractivity contribution in [2.75, 3.05) is 11.9 Å². The van der Waals surface area contributed by atoms with Gasteiger partial charge in [-0.15, -0.1) is 0 Å². The van der Waals surface area contributed by atoms with E-state index in [-0.39, 0.29) is 23.9 Å². The fourth-order valence-electron chi connectivity index (χ4n) is 3.48. The van der Waals surface area contributed by atoms with Crippen LogP contribution in [0.15, 0.2) is 66.7 Å². The van der Waals surface area contributed by atoms with Crippen LogP contribution in [0.5, 0.6) is 11.5 Å². The number of ether oxygens (including phenoxy) is 2. The molecule has 6 nitrogen and oxygen atoms in total. The number of aromatic amines is 1. The monoisotopic (exact) mass is 483 g/mol. The number of amides is 1. The van der Waals surface area contributed by atoms with Crippen molar-refractivity contribution in [1.29, 1.82) is 0 Å². The molecule has 182 valence electrons. The lowest BCUT2D eigenvalue weighted by atomic mass is 10.1. The van der Waals surface area contributed by atoms with Gasteiger partial charge in [0.15, 0.2) is 5.82 Å². The van der Waals surface area contributed by atoms with Crippen molar-refractivity contribution in [3.05, 3.63) is 83.4 Å². The highest BCUT2D eigenvalue weighted by Crippen LogP contribution is 2.33. The zero-order chi connectivity index (χ0) is 24.8. The van der Waals surface area contributed by atoms with Crippen LogP contribution in [-0.4, -0.2) is 22.7 Å². The molecular formula is C26H24F3N3O3. The smallest absolute Gasteiger partial charge is 0.416 e. The second kappa shape index (κ2) is 10.5. The molecule has 0 aliphatic carbocycles. The highest BCUT2D eigenvalue weighted by atomic mass is 19.4. The molecule has 0 saturated carbocycles. The number of carbonyl (C=O) groups is 1. The SMILES string of the molecule is CCCCOc1ccc(C(=O)Nc2n[nH]c3ccc(OCc4ccccc4C(F)(F)F)cc23)cc1. The van der Waals surface area contributed by atoms with Crippen LogP contribution in [0.25, 0.3) is 10.9 Å². The van der Waals surface area contributed by atoms with Crippen molar-refractivity contribution in [3.63, 3.8) is 0 Å². The van der Waals surface area contributed by atoms with E-state index in [2.05, 4.69) is 22.4 Å². The molecule has 4 aromatic rings. The van der Waals surface area contributed by atoms with Gasteiger partial charge in [0.25, 0.3) is 5.91 Å². The number of unbranched alkanes of at least 4 members (excludes halogenated alkanes) is 1. The van der Waals surface area contributed by atoms with Crippen LogP contribution in [0.2, 0.25) is 0 Å². The van der Waals surface area contributed by atoms with Gasteiger partial charge in [-0.25, -0.2) is 0 Å². The third-order valence-corrected chi connectivity index (χ3v) is 5.37. The van der Waals surface area contributed by atoms with Gasteiger partial charge < -0.3 is 14.8 Å². The summed E-state index contributed by atoms with van der Waals surface area (Å²) < 4.78 is 50.9. The fourth-order valence-corrected chi connectivity index (χ4v) is 3.48. The molecular weight excluding hydrogens is 459 g/mol. The highest BCUT2D eigenvalue weighted by Gasteiger charge is 2.33. The molecule has 0 radical (unpaired) electrons. The lowest BCUT2D eigenvalue weighted by Gasteiger charge is -2.13. The van der Waals surface area contributed by atoms with Crippen molar-refractivity contribution in [1.82, 2.24) is 10.2 Å². The molecule has 2 N–H and O–H groups in total. The minimum absolute atomic E-state index is 0.0305. The summed E-state index contributed by atoms with van der Waals surface area (Å²) in [7, 11) is 0. The summed E-state index contributed by atoms with van der Waals surface area (Å²) in [6.45, 7) is 2.44. The Kier molecular flexibility index (Phi) is 7.24. The first kappa shape index (κ1) is 24.1. The van der Waals surface area contributed by atoms with Crippen molar-refractivity contribution in [3.8, 4) is 11.5 Å². The van der Waals surface area contributed by atoms with Crippen LogP contribution in [0, 0.1) is 0 Å². The molecule has 9 heteroatoms. The van der Waals surface area contributed by atoms with Crippen molar-refractivity contribution in [2.24, 2.45) is 0 Å². The van der Waals surface area contributed by atoms with Gasteiger partial charge in [-0.1, -0.05) is 31.5 Å². The standard InChI is InChI=1S/C26H24F3N3O3/c1-2-3-14-34-19-10-8-17(9-11-19)25(33)30-24-21-15-20(12-13-23(21)31-32-24)35-16-18-6-4-5-7-22(18)26(27,28)29/h4-13,15H,2-3,14,16H2,1H3,(H2,30,31,32,33). The molecule has 0 spiro atoms. The number of carbonyl (C=O) groups excluding carboxylic acids is 1. The number of hydrogen-bond acceptors (Lipinski definition) is 4. The lowest BCUT2D eigenvalue weighted by Crippen LogP contribution is -2.12. The van der Waals surface area contributed by atoms with Crippen LogP contribution in [0.4, 0.5) is 19.0 Å². The number of anilines is 1. The largest absolute Gasteiger partial charge is 0.494 e.